The average Bonchev–Trinajstić information content (AvgIpc) is 3.23. The Balaban J connectivity index is 1.39. The van der Waals surface area contributed by atoms with Crippen molar-refractivity contribution in [3.8, 4) is 0 Å². The van der Waals surface area contributed by atoms with Crippen molar-refractivity contribution in [1.29, 1.82) is 0 Å². The lowest BCUT2D eigenvalue weighted by molar-refractivity contribution is -0.123. The van der Waals surface area contributed by atoms with Crippen LogP contribution in [-0.2, 0) is 9.53 Å². The Kier molecular flexibility index (Phi) is 4.63. The molecule has 2 aliphatic heterocycles. The molecule has 5 heteroatoms. The van der Waals surface area contributed by atoms with E-state index in [0.717, 1.165) is 62.8 Å². The van der Waals surface area contributed by atoms with Crippen molar-refractivity contribution in [3.05, 3.63) is 22.8 Å². The van der Waals surface area contributed by atoms with E-state index < -0.39 is 0 Å². The number of hydrogen-bond donors (Lipinski definition) is 2. The summed E-state index contributed by atoms with van der Waals surface area (Å²) in [6.45, 7) is 10.3. The van der Waals surface area contributed by atoms with Crippen molar-refractivity contribution in [2.45, 2.75) is 90.4 Å². The van der Waals surface area contributed by atoms with Crippen LogP contribution in [0.3, 0.4) is 0 Å². The van der Waals surface area contributed by atoms with Crippen LogP contribution in [0.1, 0.15) is 72.6 Å². The summed E-state index contributed by atoms with van der Waals surface area (Å²) < 4.78 is 6.93. The molecule has 2 heterocycles. The first-order valence-corrected chi connectivity index (χ1v) is 12.9. The summed E-state index contributed by atoms with van der Waals surface area (Å²) in [6.07, 6.45) is 9.37. The number of hydrogen-bond acceptors (Lipinski definition) is 5. The lowest BCUT2D eigenvalue weighted by atomic mass is 9.56. The molecule has 6 aliphatic rings. The third-order valence-electron chi connectivity index (χ3n) is 10.6. The van der Waals surface area contributed by atoms with E-state index in [1.54, 1.807) is 0 Å². The summed E-state index contributed by atoms with van der Waals surface area (Å²) in [6, 6.07) is 0.402. The summed E-state index contributed by atoms with van der Waals surface area (Å²) in [5.41, 5.74) is 4.11. The first-order chi connectivity index (χ1) is 15.3. The highest BCUT2D eigenvalue weighted by Gasteiger charge is 2.63. The number of nitrogens with one attached hydrogen (secondary N) is 1. The maximum absolute atomic E-state index is 14.2. The zero-order chi connectivity index (χ0) is 22.4. The Bertz CT molecular complexity index is 951. The molecule has 4 aliphatic carbocycles. The van der Waals surface area contributed by atoms with Crippen LogP contribution < -0.4 is 5.32 Å². The van der Waals surface area contributed by atoms with Gasteiger partial charge in [0.15, 0.2) is 5.78 Å². The molecule has 0 unspecified atom stereocenters. The number of ketones is 1. The fraction of sp³-hybridized carbons (Fsp3) is 0.778. The highest BCUT2D eigenvalue weighted by molar-refractivity contribution is 6.03. The highest BCUT2D eigenvalue weighted by Crippen LogP contribution is 2.64. The van der Waals surface area contributed by atoms with Gasteiger partial charge in [0.1, 0.15) is 0 Å². The van der Waals surface area contributed by atoms with Gasteiger partial charge in [0.2, 0.25) is 0 Å². The predicted molar refractivity (Wildman–Crippen MR) is 124 cm³/mol. The van der Waals surface area contributed by atoms with Crippen molar-refractivity contribution >= 4 is 11.5 Å². The molecule has 2 N–H and O–H groups in total. The number of Topliss-reactive ketones (excluding diaryl/α,β-unsaturated/α-hetero) is 1. The molecule has 0 amide bonds. The highest BCUT2D eigenvalue weighted by atomic mass is 16.5. The Morgan fingerprint density at radius 2 is 2.03 bits per heavy atom. The van der Waals surface area contributed by atoms with E-state index in [9.17, 15) is 10.0 Å². The molecule has 1 spiro atoms. The van der Waals surface area contributed by atoms with Gasteiger partial charge in [0.25, 0.3) is 0 Å². The lowest BCUT2D eigenvalue weighted by Gasteiger charge is -2.47. The molecule has 2 saturated carbocycles. The van der Waals surface area contributed by atoms with Crippen LogP contribution in [-0.4, -0.2) is 41.0 Å². The van der Waals surface area contributed by atoms with Gasteiger partial charge in [0, 0.05) is 23.5 Å². The second-order valence-corrected chi connectivity index (χ2v) is 12.0. The van der Waals surface area contributed by atoms with Gasteiger partial charge in [-0.1, -0.05) is 31.5 Å². The summed E-state index contributed by atoms with van der Waals surface area (Å²) in [4.78, 5) is 14.2. The van der Waals surface area contributed by atoms with E-state index in [1.165, 1.54) is 11.1 Å². The molecule has 0 bridgehead atoms. The number of carbonyl (C=O) groups is 1. The topological polar surface area (TPSA) is 70.9 Å². The first-order valence-electron chi connectivity index (χ1n) is 12.9. The standard InChI is InChI=1S/C27H38N2O3/c1-14-11-21-24(28-13-14)16(3)27(32-21)10-8-19-20-6-5-17-12-18(29-31)7-9-26(17,4)23(20)25(30)22(19)15(27)2/h12,14,16,19-21,23-24,28,31H,5-11,13H2,1-4H3/b29-18+/t14-,16+,19-,20-,21+,23+,24-,26-,27-/m0/s1. The molecule has 9 atom stereocenters. The van der Waals surface area contributed by atoms with Gasteiger partial charge in [-0.15, -0.1) is 0 Å². The number of nitrogens with zero attached hydrogens (tertiary/aromatic N) is 1. The maximum Gasteiger partial charge on any atom is 0.163 e. The normalized spacial score (nSPS) is 51.4. The molecule has 0 aromatic rings. The number of carbonyl (C=O) groups excluding carboxylic acids is 1. The van der Waals surface area contributed by atoms with E-state index in [4.69, 9.17) is 4.74 Å². The minimum Gasteiger partial charge on any atom is -0.411 e. The van der Waals surface area contributed by atoms with Crippen molar-refractivity contribution in [3.63, 3.8) is 0 Å². The number of fused-ring (bicyclic) bond motifs is 6. The Hall–Kier alpha value is -1.46. The molecule has 0 aromatic carbocycles. The summed E-state index contributed by atoms with van der Waals surface area (Å²) in [7, 11) is 0. The van der Waals surface area contributed by atoms with Crippen molar-refractivity contribution in [2.75, 3.05) is 6.54 Å². The average molecular weight is 439 g/mol. The summed E-state index contributed by atoms with van der Waals surface area (Å²) >= 11 is 0. The van der Waals surface area contributed by atoms with E-state index in [1.807, 2.05) is 0 Å². The molecule has 0 radical (unpaired) electrons. The summed E-state index contributed by atoms with van der Waals surface area (Å²) in [5, 5.41) is 16.6. The van der Waals surface area contributed by atoms with Gasteiger partial charge in [0.05, 0.1) is 17.4 Å². The van der Waals surface area contributed by atoms with E-state index in [2.05, 4.69) is 44.2 Å². The van der Waals surface area contributed by atoms with E-state index in [-0.39, 0.29) is 23.0 Å². The quantitative estimate of drug-likeness (QED) is 0.427. The molecule has 2 saturated heterocycles. The SMILES string of the molecule is CC1=C2C(=O)[C@H]3[C@@H](CCC4=C/C(=N/O)CC[C@@]43C)[C@@H]2CC[C@]12O[C@@H]1C[C@H](C)CN[C@H]1[C@H]2C. The van der Waals surface area contributed by atoms with Crippen molar-refractivity contribution in [2.24, 2.45) is 40.2 Å². The molecular weight excluding hydrogens is 400 g/mol. The number of piperidine rings is 1. The molecule has 5 nitrogen and oxygen atoms in total. The third-order valence-corrected chi connectivity index (χ3v) is 10.6. The number of rotatable bonds is 0. The maximum atomic E-state index is 14.2. The van der Waals surface area contributed by atoms with E-state index in [0.29, 0.717) is 35.5 Å². The van der Waals surface area contributed by atoms with Crippen LogP contribution in [0, 0.1) is 35.0 Å². The van der Waals surface area contributed by atoms with Gasteiger partial charge < -0.3 is 15.3 Å². The minimum absolute atomic E-state index is 0.0741. The molecular formula is C27H38N2O3. The Morgan fingerprint density at radius 1 is 1.22 bits per heavy atom. The van der Waals surface area contributed by atoms with Crippen LogP contribution in [0.25, 0.3) is 0 Å². The number of allylic oxidation sites excluding steroid dienone is 3. The van der Waals surface area contributed by atoms with Gasteiger partial charge in [-0.3, -0.25) is 4.79 Å². The first kappa shape index (κ1) is 21.1. The van der Waals surface area contributed by atoms with E-state index >= 15 is 0 Å². The van der Waals surface area contributed by atoms with Crippen LogP contribution in [0.5, 0.6) is 0 Å². The molecule has 6 rings (SSSR count). The second kappa shape index (κ2) is 7.02. The van der Waals surface area contributed by atoms with Gasteiger partial charge in [-0.25, -0.2) is 0 Å². The number of oxime groups is 1. The van der Waals surface area contributed by atoms with Crippen molar-refractivity contribution in [1.82, 2.24) is 5.32 Å². The zero-order valence-corrected chi connectivity index (χ0v) is 20.0. The lowest BCUT2D eigenvalue weighted by Crippen LogP contribution is -2.49. The Morgan fingerprint density at radius 3 is 2.81 bits per heavy atom. The summed E-state index contributed by atoms with van der Waals surface area (Å²) in [5.74, 6) is 2.37. The smallest absolute Gasteiger partial charge is 0.163 e. The van der Waals surface area contributed by atoms with Gasteiger partial charge in [-0.05, 0) is 93.2 Å². The Labute approximate surface area is 191 Å². The predicted octanol–water partition coefficient (Wildman–Crippen LogP) is 4.65. The van der Waals surface area contributed by atoms with Crippen LogP contribution in [0.2, 0.25) is 0 Å². The van der Waals surface area contributed by atoms with Gasteiger partial charge >= 0.3 is 0 Å². The molecule has 4 fully saturated rings. The minimum atomic E-state index is -0.274. The zero-order valence-electron chi connectivity index (χ0n) is 20.0. The van der Waals surface area contributed by atoms with Crippen LogP contribution >= 0.6 is 0 Å². The molecule has 174 valence electrons. The van der Waals surface area contributed by atoms with Crippen LogP contribution in [0.4, 0.5) is 0 Å². The largest absolute Gasteiger partial charge is 0.411 e. The monoisotopic (exact) mass is 438 g/mol. The third kappa shape index (κ3) is 2.58. The fourth-order valence-corrected chi connectivity index (χ4v) is 8.93. The molecule has 32 heavy (non-hydrogen) atoms. The fourth-order valence-electron chi connectivity index (χ4n) is 8.93. The second-order valence-electron chi connectivity index (χ2n) is 12.0. The van der Waals surface area contributed by atoms with Crippen LogP contribution in [0.15, 0.2) is 28.0 Å². The molecule has 0 aromatic heterocycles. The van der Waals surface area contributed by atoms with Gasteiger partial charge in [-0.2, -0.15) is 0 Å². The number of ether oxygens (including phenoxy) is 1. The van der Waals surface area contributed by atoms with Crippen molar-refractivity contribution < 1.29 is 14.7 Å².